The van der Waals surface area contributed by atoms with Crippen molar-refractivity contribution in [2.24, 2.45) is 5.10 Å². The average Bonchev–Trinajstić information content (AvgIpc) is 2.92. The van der Waals surface area contributed by atoms with Gasteiger partial charge in [-0.3, -0.25) is 10.2 Å². The van der Waals surface area contributed by atoms with E-state index in [0.29, 0.717) is 6.42 Å². The molecule has 6 heteroatoms. The van der Waals surface area contributed by atoms with Crippen LogP contribution in [0.25, 0.3) is 10.2 Å². The molecular weight excluding hydrogens is 296 g/mol. The largest absolute Gasteiger partial charge is 0.326 e. The summed E-state index contributed by atoms with van der Waals surface area (Å²) in [5, 5.41) is 7.93. The zero-order valence-corrected chi connectivity index (χ0v) is 14.1. The van der Waals surface area contributed by atoms with E-state index in [1.54, 1.807) is 11.3 Å². The number of amides is 1. The lowest BCUT2D eigenvalue weighted by Crippen LogP contribution is -2.10. The van der Waals surface area contributed by atoms with Crippen molar-refractivity contribution in [1.29, 1.82) is 0 Å². The van der Waals surface area contributed by atoms with E-state index in [1.165, 1.54) is 0 Å². The molecule has 0 fully saturated rings. The number of hydrogen-bond donors (Lipinski definition) is 2. The second-order valence-electron chi connectivity index (χ2n) is 5.17. The Morgan fingerprint density at radius 3 is 2.91 bits per heavy atom. The molecule has 5 nitrogen and oxygen atoms in total. The van der Waals surface area contributed by atoms with Crippen molar-refractivity contribution in [2.45, 2.75) is 46.5 Å². The lowest BCUT2D eigenvalue weighted by molar-refractivity contribution is -0.116. The summed E-state index contributed by atoms with van der Waals surface area (Å²) < 4.78 is 1.07. The molecule has 0 aliphatic rings. The zero-order chi connectivity index (χ0) is 15.9. The predicted molar refractivity (Wildman–Crippen MR) is 94.8 cm³/mol. The summed E-state index contributed by atoms with van der Waals surface area (Å²) >= 11 is 1.55. The third-order valence-corrected chi connectivity index (χ3v) is 4.22. The van der Waals surface area contributed by atoms with Gasteiger partial charge in [-0.15, -0.1) is 0 Å². The Labute approximate surface area is 134 Å². The van der Waals surface area contributed by atoms with Crippen LogP contribution >= 0.6 is 11.3 Å². The van der Waals surface area contributed by atoms with Gasteiger partial charge in [-0.1, -0.05) is 31.6 Å². The highest BCUT2D eigenvalue weighted by molar-refractivity contribution is 7.22. The summed E-state index contributed by atoms with van der Waals surface area (Å²) in [6.07, 6.45) is 3.40. The summed E-state index contributed by atoms with van der Waals surface area (Å²) in [5.74, 6) is 0.0537. The van der Waals surface area contributed by atoms with Crippen molar-refractivity contribution in [2.75, 3.05) is 10.7 Å². The number of carbonyl (C=O) groups excluding carboxylic acids is 1. The number of unbranched alkanes of at least 4 members (excludes halogenated alkanes) is 1. The molecule has 1 aromatic carbocycles. The van der Waals surface area contributed by atoms with Gasteiger partial charge in [-0.05, 0) is 38.0 Å². The van der Waals surface area contributed by atoms with Gasteiger partial charge in [0.05, 0.1) is 10.2 Å². The molecule has 1 heterocycles. The molecule has 1 aromatic heterocycles. The van der Waals surface area contributed by atoms with Crippen LogP contribution in [0.1, 0.15) is 46.5 Å². The number of nitrogens with one attached hydrogen (secondary N) is 2. The molecule has 0 aliphatic heterocycles. The topological polar surface area (TPSA) is 66.4 Å². The van der Waals surface area contributed by atoms with Gasteiger partial charge in [0.25, 0.3) is 0 Å². The van der Waals surface area contributed by atoms with Gasteiger partial charge >= 0.3 is 0 Å². The average molecular weight is 318 g/mol. The SMILES string of the molecule is CCCCC(=O)Nc1ccc2sc(N/N=C(/C)CC)nc2c1. The smallest absolute Gasteiger partial charge is 0.224 e. The lowest BCUT2D eigenvalue weighted by Gasteiger charge is -2.04. The number of benzene rings is 1. The molecule has 22 heavy (non-hydrogen) atoms. The zero-order valence-electron chi connectivity index (χ0n) is 13.3. The summed E-state index contributed by atoms with van der Waals surface area (Å²) in [4.78, 5) is 16.3. The maximum absolute atomic E-state index is 11.8. The minimum atomic E-state index is 0.0537. The Kier molecular flexibility index (Phi) is 5.89. The molecule has 2 aromatic rings. The van der Waals surface area contributed by atoms with Gasteiger partial charge < -0.3 is 5.32 Å². The van der Waals surface area contributed by atoms with Gasteiger partial charge in [-0.25, -0.2) is 4.98 Å². The van der Waals surface area contributed by atoms with Gasteiger partial charge in [0.15, 0.2) is 0 Å². The van der Waals surface area contributed by atoms with Crippen LogP contribution in [0.3, 0.4) is 0 Å². The van der Waals surface area contributed by atoms with Crippen LogP contribution in [0.2, 0.25) is 0 Å². The van der Waals surface area contributed by atoms with E-state index in [9.17, 15) is 4.79 Å². The third-order valence-electron chi connectivity index (χ3n) is 3.28. The van der Waals surface area contributed by atoms with E-state index >= 15 is 0 Å². The van der Waals surface area contributed by atoms with Crippen molar-refractivity contribution in [3.8, 4) is 0 Å². The number of hydrazone groups is 1. The van der Waals surface area contributed by atoms with Crippen molar-refractivity contribution in [3.05, 3.63) is 18.2 Å². The minimum absolute atomic E-state index is 0.0537. The summed E-state index contributed by atoms with van der Waals surface area (Å²) in [5.41, 5.74) is 5.67. The molecule has 0 aliphatic carbocycles. The molecule has 0 radical (unpaired) electrons. The molecule has 2 N–H and O–H groups in total. The van der Waals surface area contributed by atoms with Crippen molar-refractivity contribution in [1.82, 2.24) is 4.98 Å². The second-order valence-corrected chi connectivity index (χ2v) is 6.20. The molecule has 0 unspecified atom stereocenters. The fourth-order valence-corrected chi connectivity index (χ4v) is 2.62. The molecule has 0 saturated carbocycles. The molecule has 1 amide bonds. The van der Waals surface area contributed by atoms with Crippen molar-refractivity contribution < 1.29 is 4.79 Å². The molecular formula is C16H22N4OS. The highest BCUT2D eigenvalue weighted by Crippen LogP contribution is 2.28. The van der Waals surface area contributed by atoms with E-state index in [-0.39, 0.29) is 5.91 Å². The number of carbonyl (C=O) groups is 1. The Balaban J connectivity index is 2.08. The molecule has 0 atom stereocenters. The minimum Gasteiger partial charge on any atom is -0.326 e. The molecule has 0 saturated heterocycles. The number of nitrogens with zero attached hydrogens (tertiary/aromatic N) is 2. The number of anilines is 2. The number of thiazole rings is 1. The number of aromatic nitrogens is 1. The van der Waals surface area contributed by atoms with Crippen LogP contribution in [0.4, 0.5) is 10.8 Å². The molecule has 2 rings (SSSR count). The van der Waals surface area contributed by atoms with Crippen LogP contribution in [-0.4, -0.2) is 16.6 Å². The standard InChI is InChI=1S/C16H22N4OS/c1-4-6-7-15(21)17-12-8-9-14-13(10-12)18-16(22-14)20-19-11(3)5-2/h8-10H,4-7H2,1-3H3,(H,17,21)(H,18,20)/b19-11-. The van der Waals surface area contributed by atoms with E-state index < -0.39 is 0 Å². The second kappa shape index (κ2) is 7.89. The van der Waals surface area contributed by atoms with Gasteiger partial charge in [-0.2, -0.15) is 5.10 Å². The fourth-order valence-electron chi connectivity index (χ4n) is 1.84. The molecule has 0 bridgehead atoms. The number of rotatable bonds is 7. The van der Waals surface area contributed by atoms with Crippen LogP contribution in [0.5, 0.6) is 0 Å². The fraction of sp³-hybridized carbons (Fsp3) is 0.438. The quantitative estimate of drug-likeness (QED) is 0.578. The first-order valence-electron chi connectivity index (χ1n) is 7.62. The Bertz CT molecular complexity index is 678. The van der Waals surface area contributed by atoms with E-state index in [0.717, 1.165) is 46.0 Å². The highest BCUT2D eigenvalue weighted by Gasteiger charge is 2.06. The van der Waals surface area contributed by atoms with Crippen LogP contribution in [0, 0.1) is 0 Å². The Morgan fingerprint density at radius 2 is 2.18 bits per heavy atom. The maximum atomic E-state index is 11.8. The van der Waals surface area contributed by atoms with Crippen LogP contribution < -0.4 is 10.7 Å². The molecule has 118 valence electrons. The highest BCUT2D eigenvalue weighted by atomic mass is 32.1. The third kappa shape index (κ3) is 4.53. The molecule has 0 spiro atoms. The van der Waals surface area contributed by atoms with E-state index in [1.807, 2.05) is 25.1 Å². The first kappa shape index (κ1) is 16.4. The van der Waals surface area contributed by atoms with Gasteiger partial charge in [0, 0.05) is 17.8 Å². The van der Waals surface area contributed by atoms with Crippen molar-refractivity contribution >= 4 is 44.0 Å². The maximum Gasteiger partial charge on any atom is 0.224 e. The lowest BCUT2D eigenvalue weighted by atomic mass is 10.2. The summed E-state index contributed by atoms with van der Waals surface area (Å²) in [6, 6.07) is 5.79. The summed E-state index contributed by atoms with van der Waals surface area (Å²) in [6.45, 7) is 6.11. The van der Waals surface area contributed by atoms with E-state index in [4.69, 9.17) is 0 Å². The Morgan fingerprint density at radius 1 is 1.36 bits per heavy atom. The first-order chi connectivity index (χ1) is 10.6. The van der Waals surface area contributed by atoms with Crippen LogP contribution in [0.15, 0.2) is 23.3 Å². The van der Waals surface area contributed by atoms with Crippen molar-refractivity contribution in [3.63, 3.8) is 0 Å². The van der Waals surface area contributed by atoms with Gasteiger partial charge in [0.2, 0.25) is 11.0 Å². The first-order valence-corrected chi connectivity index (χ1v) is 8.43. The predicted octanol–water partition coefficient (Wildman–Crippen LogP) is 4.62. The normalized spacial score (nSPS) is 11.7. The van der Waals surface area contributed by atoms with Gasteiger partial charge in [0.1, 0.15) is 0 Å². The van der Waals surface area contributed by atoms with E-state index in [2.05, 4.69) is 34.7 Å². The number of hydrogen-bond acceptors (Lipinski definition) is 5. The summed E-state index contributed by atoms with van der Waals surface area (Å²) in [7, 11) is 0. The Hall–Kier alpha value is -1.95. The monoisotopic (exact) mass is 318 g/mol. The van der Waals surface area contributed by atoms with Crippen LogP contribution in [-0.2, 0) is 4.79 Å². The number of fused-ring (bicyclic) bond motifs is 1.